The number of halogens is 1. The number of allylic oxidation sites excluding steroid dienone is 1. The molecule has 0 aliphatic rings. The second-order valence-corrected chi connectivity index (χ2v) is 5.98. The zero-order valence-corrected chi connectivity index (χ0v) is 15.8. The molecule has 0 bridgehead atoms. The number of rotatable bonds is 6. The van der Waals surface area contributed by atoms with Crippen LogP contribution in [0.1, 0.15) is 18.3 Å². The number of aromatic nitrogens is 4. The fraction of sp³-hybridized carbons (Fsp3) is 0.158. The molecule has 0 saturated carbocycles. The summed E-state index contributed by atoms with van der Waals surface area (Å²) in [5, 5.41) is 23.4. The Hall–Kier alpha value is -3.95. The number of benzene rings is 1. The molecular formula is C19H17FN4O5. The van der Waals surface area contributed by atoms with Crippen LogP contribution in [0, 0.1) is 12.7 Å². The second-order valence-electron chi connectivity index (χ2n) is 5.98. The number of hydrogen-bond donors (Lipinski definition) is 2. The van der Waals surface area contributed by atoms with Crippen LogP contribution in [0.3, 0.4) is 0 Å². The van der Waals surface area contributed by atoms with Crippen LogP contribution >= 0.6 is 0 Å². The second kappa shape index (κ2) is 7.97. The van der Waals surface area contributed by atoms with Gasteiger partial charge in [-0.2, -0.15) is 5.10 Å². The van der Waals surface area contributed by atoms with Gasteiger partial charge in [0.15, 0.2) is 17.3 Å². The molecule has 2 heterocycles. The van der Waals surface area contributed by atoms with Crippen molar-refractivity contribution in [2.45, 2.75) is 13.8 Å². The summed E-state index contributed by atoms with van der Waals surface area (Å²) in [5.74, 6) is -2.20. The average Bonchev–Trinajstić information content (AvgIpc) is 2.91. The van der Waals surface area contributed by atoms with Crippen LogP contribution in [0.2, 0.25) is 0 Å². The number of aryl methyl sites for hydroxylation is 2. The lowest BCUT2D eigenvalue weighted by atomic mass is 10.1. The van der Waals surface area contributed by atoms with Crippen molar-refractivity contribution in [2.24, 2.45) is 7.05 Å². The highest BCUT2D eigenvalue weighted by molar-refractivity contribution is 6.16. The number of aliphatic hydroxyl groups is 1. The zero-order valence-electron chi connectivity index (χ0n) is 15.8. The molecule has 0 saturated heterocycles. The molecule has 0 radical (unpaired) electrons. The van der Waals surface area contributed by atoms with E-state index in [0.29, 0.717) is 5.69 Å². The fourth-order valence-electron chi connectivity index (χ4n) is 2.64. The number of carboxylic acids is 1. The smallest absolute Gasteiger partial charge is 0.341 e. The molecule has 150 valence electrons. The molecule has 29 heavy (non-hydrogen) atoms. The summed E-state index contributed by atoms with van der Waals surface area (Å²) >= 11 is 0. The van der Waals surface area contributed by atoms with Crippen molar-refractivity contribution in [3.63, 3.8) is 0 Å². The molecule has 0 atom stereocenters. The van der Waals surface area contributed by atoms with Crippen LogP contribution in [-0.4, -0.2) is 35.9 Å². The van der Waals surface area contributed by atoms with E-state index >= 15 is 0 Å². The highest BCUT2D eigenvalue weighted by Gasteiger charge is 2.26. The number of para-hydroxylation sites is 1. The van der Waals surface area contributed by atoms with Gasteiger partial charge in [0.05, 0.1) is 6.07 Å². The molecule has 10 heteroatoms. The Kier molecular flexibility index (Phi) is 5.44. The third-order valence-electron chi connectivity index (χ3n) is 3.85. The topological polar surface area (TPSA) is 120 Å². The SMILES string of the molecule is CC(O)=C(C(=O)O)c1c(Oc2cc(Oc3ccccc3F)ncn2)c(C)nn1C. The lowest BCUT2D eigenvalue weighted by Crippen LogP contribution is -2.09. The Morgan fingerprint density at radius 2 is 1.79 bits per heavy atom. The summed E-state index contributed by atoms with van der Waals surface area (Å²) in [6.07, 6.45) is 1.15. The Bertz CT molecular complexity index is 1110. The Labute approximate surface area is 164 Å². The number of ether oxygens (including phenoxy) is 2. The number of carbonyl (C=O) groups is 1. The van der Waals surface area contributed by atoms with Crippen LogP contribution in [0.5, 0.6) is 23.3 Å². The predicted molar refractivity (Wildman–Crippen MR) is 99.4 cm³/mol. The lowest BCUT2D eigenvalue weighted by molar-refractivity contribution is -0.130. The largest absolute Gasteiger partial charge is 0.512 e. The maximum Gasteiger partial charge on any atom is 0.341 e. The molecule has 2 N–H and O–H groups in total. The predicted octanol–water partition coefficient (Wildman–Crippen LogP) is 3.62. The summed E-state index contributed by atoms with van der Waals surface area (Å²) in [5.41, 5.74) is 0.0721. The number of carboxylic acid groups (broad SMARTS) is 1. The molecule has 0 spiro atoms. The zero-order chi connectivity index (χ0) is 21.1. The van der Waals surface area contributed by atoms with Crippen molar-refractivity contribution in [1.82, 2.24) is 19.7 Å². The van der Waals surface area contributed by atoms with E-state index in [4.69, 9.17) is 9.47 Å². The maximum absolute atomic E-state index is 13.8. The molecule has 0 unspecified atom stereocenters. The number of aliphatic carboxylic acids is 1. The monoisotopic (exact) mass is 400 g/mol. The first-order valence-corrected chi connectivity index (χ1v) is 8.37. The quantitative estimate of drug-likeness (QED) is 0.476. The van der Waals surface area contributed by atoms with Gasteiger partial charge < -0.3 is 19.7 Å². The van der Waals surface area contributed by atoms with Gasteiger partial charge in [0.2, 0.25) is 11.8 Å². The molecule has 1 aromatic carbocycles. The summed E-state index contributed by atoms with van der Waals surface area (Å²) < 4.78 is 26.2. The average molecular weight is 400 g/mol. The fourth-order valence-corrected chi connectivity index (χ4v) is 2.64. The Balaban J connectivity index is 1.97. The minimum absolute atomic E-state index is 0.0176. The van der Waals surface area contributed by atoms with Crippen molar-refractivity contribution in [2.75, 3.05) is 0 Å². The van der Waals surface area contributed by atoms with Crippen LogP contribution in [0.25, 0.3) is 5.57 Å². The van der Waals surface area contributed by atoms with Crippen LogP contribution in [-0.2, 0) is 11.8 Å². The molecule has 0 amide bonds. The maximum atomic E-state index is 13.8. The van der Waals surface area contributed by atoms with Crippen molar-refractivity contribution in [3.8, 4) is 23.3 Å². The Morgan fingerprint density at radius 3 is 2.41 bits per heavy atom. The molecular weight excluding hydrogens is 383 g/mol. The molecule has 9 nitrogen and oxygen atoms in total. The van der Waals surface area contributed by atoms with Gasteiger partial charge in [0.1, 0.15) is 29.0 Å². The first kappa shape index (κ1) is 19.8. The highest BCUT2D eigenvalue weighted by atomic mass is 19.1. The minimum atomic E-state index is -1.34. The van der Waals surface area contributed by atoms with E-state index in [1.54, 1.807) is 13.0 Å². The highest BCUT2D eigenvalue weighted by Crippen LogP contribution is 2.34. The third kappa shape index (κ3) is 4.15. The van der Waals surface area contributed by atoms with Gasteiger partial charge in [-0.15, -0.1) is 0 Å². The molecule has 0 aliphatic carbocycles. The molecule has 0 aliphatic heterocycles. The van der Waals surface area contributed by atoms with Gasteiger partial charge in [-0.25, -0.2) is 19.2 Å². The van der Waals surface area contributed by atoms with E-state index in [-0.39, 0.29) is 34.5 Å². The molecule has 3 rings (SSSR count). The van der Waals surface area contributed by atoms with Gasteiger partial charge in [0.25, 0.3) is 0 Å². The van der Waals surface area contributed by atoms with Crippen molar-refractivity contribution < 1.29 is 28.9 Å². The van der Waals surface area contributed by atoms with E-state index in [9.17, 15) is 19.4 Å². The van der Waals surface area contributed by atoms with Crippen molar-refractivity contribution in [3.05, 3.63) is 59.6 Å². The van der Waals surface area contributed by atoms with Crippen molar-refractivity contribution in [1.29, 1.82) is 0 Å². The van der Waals surface area contributed by atoms with Gasteiger partial charge in [-0.1, -0.05) is 12.1 Å². The van der Waals surface area contributed by atoms with Crippen LogP contribution < -0.4 is 9.47 Å². The van der Waals surface area contributed by atoms with Gasteiger partial charge in [-0.3, -0.25) is 4.68 Å². The third-order valence-corrected chi connectivity index (χ3v) is 3.85. The summed E-state index contributed by atoms with van der Waals surface area (Å²) in [7, 11) is 1.52. The standard InChI is InChI=1S/C19H17FN4O5/c1-10-18(17(24(3)23-10)16(11(2)25)19(26)27)29-15-8-14(21-9-22-15)28-13-7-5-4-6-12(13)20/h4-9,25H,1-3H3,(H,26,27). The van der Waals surface area contributed by atoms with E-state index < -0.39 is 17.5 Å². The number of hydrogen-bond acceptors (Lipinski definition) is 7. The van der Waals surface area contributed by atoms with E-state index in [2.05, 4.69) is 15.1 Å². The molecule has 0 fully saturated rings. The molecule has 3 aromatic rings. The summed E-state index contributed by atoms with van der Waals surface area (Å²) in [4.78, 5) is 19.5. The van der Waals surface area contributed by atoms with Crippen LogP contribution in [0.4, 0.5) is 4.39 Å². The lowest BCUT2D eigenvalue weighted by Gasteiger charge is -2.10. The van der Waals surface area contributed by atoms with E-state index in [1.807, 2.05) is 0 Å². The number of aliphatic hydroxyl groups excluding tert-OH is 1. The molecule has 2 aromatic heterocycles. The number of nitrogens with zero attached hydrogens (tertiary/aromatic N) is 4. The summed E-state index contributed by atoms with van der Waals surface area (Å²) in [6, 6.07) is 7.14. The first-order valence-electron chi connectivity index (χ1n) is 8.37. The van der Waals surface area contributed by atoms with E-state index in [0.717, 1.165) is 6.33 Å². The van der Waals surface area contributed by atoms with Crippen molar-refractivity contribution >= 4 is 11.5 Å². The normalized spacial score (nSPS) is 11.7. The minimum Gasteiger partial charge on any atom is -0.512 e. The Morgan fingerprint density at radius 1 is 1.14 bits per heavy atom. The first-order chi connectivity index (χ1) is 13.8. The van der Waals surface area contributed by atoms with Gasteiger partial charge >= 0.3 is 5.97 Å². The summed E-state index contributed by atoms with van der Waals surface area (Å²) in [6.45, 7) is 2.86. The van der Waals surface area contributed by atoms with Gasteiger partial charge in [0, 0.05) is 7.05 Å². The van der Waals surface area contributed by atoms with Gasteiger partial charge in [-0.05, 0) is 26.0 Å². The van der Waals surface area contributed by atoms with E-state index in [1.165, 1.54) is 42.9 Å². The van der Waals surface area contributed by atoms with Crippen LogP contribution in [0.15, 0.2) is 42.4 Å².